The third-order valence-corrected chi connectivity index (χ3v) is 10.1. The zero-order valence-corrected chi connectivity index (χ0v) is 42.5. The van der Waals surface area contributed by atoms with E-state index in [4.69, 9.17) is 4.74 Å². The number of methoxy groups -OCH3 is 1. The Labute approximate surface area is 371 Å². The Morgan fingerprint density at radius 2 is 0.929 bits per heavy atom. The normalized spacial score (nSPS) is 11.4. The molecule has 0 spiro atoms. The molecule has 0 aliphatic heterocycles. The monoisotopic (exact) mass is 884 g/mol. The van der Waals surface area contributed by atoms with Crippen molar-refractivity contribution < 1.29 is 28.1 Å². The second kappa shape index (κ2) is 20.5. The standard InChI is InChI=1S/C25H31O.C24H29.2CH3.2ClH.Si.Zr/c1-16-11-21-20(9-10-23(26-8)22(21)12-16)17-13-18(24(2,3)4)15-19(14-17)25(5,6)7;1-16-12-18-14-20(24(5,6)7)15-22(21(18)13-16)17-8-10-19(11-9-17)23(2,3)4;;;;;;/h9-15H,1-8H3;8-15H,1-7H3;2*1H3;2*1H;;/q4*-1;;;;. The predicted molar refractivity (Wildman–Crippen MR) is 254 cm³/mol. The Balaban J connectivity index is 0.000000970. The summed E-state index contributed by atoms with van der Waals surface area (Å²) in [6.45, 7) is 34.8. The van der Waals surface area contributed by atoms with Gasteiger partial charge in [0.15, 0.2) is 0 Å². The van der Waals surface area contributed by atoms with Crippen LogP contribution in [-0.2, 0) is 45.0 Å². The van der Waals surface area contributed by atoms with E-state index in [1.165, 1.54) is 101 Å². The van der Waals surface area contributed by atoms with Gasteiger partial charge in [-0.25, -0.2) is 0 Å². The summed E-state index contributed by atoms with van der Waals surface area (Å²) in [5, 5.41) is 5.19. The topological polar surface area (TPSA) is 9.23 Å². The van der Waals surface area contributed by atoms with Crippen molar-refractivity contribution in [3.8, 4) is 28.0 Å². The van der Waals surface area contributed by atoms with E-state index in [1.807, 2.05) is 0 Å². The Hall–Kier alpha value is -2.42. The summed E-state index contributed by atoms with van der Waals surface area (Å²) in [5.74, 6) is 0.944. The van der Waals surface area contributed by atoms with E-state index in [-0.39, 0.29) is 61.3 Å². The molecule has 1 nitrogen and oxygen atoms in total. The van der Waals surface area contributed by atoms with Gasteiger partial charge in [0.2, 0.25) is 0 Å². The van der Waals surface area contributed by atoms with Gasteiger partial charge in [-0.1, -0.05) is 174 Å². The molecule has 0 atom stereocenters. The van der Waals surface area contributed by atoms with E-state index in [0.29, 0.717) is 0 Å². The van der Waals surface area contributed by atoms with Gasteiger partial charge in [-0.05, 0) is 49.5 Å². The molecular formula is C51H68Cl2OSiZr-4. The fraction of sp³-hybridized carbons (Fsp3) is 0.373. The Morgan fingerprint density at radius 1 is 0.482 bits per heavy atom. The van der Waals surface area contributed by atoms with Gasteiger partial charge in [0.25, 0.3) is 0 Å². The average Bonchev–Trinajstić information content (AvgIpc) is 3.64. The van der Waals surface area contributed by atoms with E-state index < -0.39 is 0 Å². The molecule has 0 aromatic heterocycles. The minimum absolute atomic E-state index is 0. The van der Waals surface area contributed by atoms with Crippen molar-refractivity contribution in [2.24, 2.45) is 0 Å². The van der Waals surface area contributed by atoms with Crippen molar-refractivity contribution in [1.82, 2.24) is 0 Å². The van der Waals surface area contributed by atoms with Gasteiger partial charge in [-0.3, -0.25) is 0 Å². The summed E-state index contributed by atoms with van der Waals surface area (Å²) in [4.78, 5) is 0. The van der Waals surface area contributed by atoms with Gasteiger partial charge in [0, 0.05) is 5.75 Å². The summed E-state index contributed by atoms with van der Waals surface area (Å²) in [5.41, 5.74) is 14.0. The van der Waals surface area contributed by atoms with Crippen LogP contribution in [0.3, 0.4) is 0 Å². The molecule has 0 bridgehead atoms. The first kappa shape index (κ1) is 53.6. The van der Waals surface area contributed by atoms with E-state index in [2.05, 4.69) is 195 Å². The van der Waals surface area contributed by atoms with Crippen LogP contribution in [0, 0.1) is 28.7 Å². The maximum absolute atomic E-state index is 5.59. The summed E-state index contributed by atoms with van der Waals surface area (Å²) in [6.07, 6.45) is 0. The van der Waals surface area contributed by atoms with E-state index in [0.717, 1.165) is 5.75 Å². The molecule has 0 saturated carbocycles. The fourth-order valence-electron chi connectivity index (χ4n) is 6.79. The number of rotatable bonds is 3. The molecule has 5 heteroatoms. The van der Waals surface area contributed by atoms with Gasteiger partial charge >= 0.3 is 30.2 Å². The summed E-state index contributed by atoms with van der Waals surface area (Å²) in [6, 6.07) is 34.4. The molecule has 56 heavy (non-hydrogen) atoms. The Morgan fingerprint density at radius 3 is 1.39 bits per heavy atom. The van der Waals surface area contributed by atoms with Crippen molar-refractivity contribution in [2.75, 3.05) is 7.11 Å². The first-order chi connectivity index (χ1) is 24.1. The zero-order chi connectivity index (χ0) is 39.0. The molecule has 0 heterocycles. The SMILES string of the molecule is COc1ccc(-c2cc(C(C)(C)C)cc(C(C)(C)C)c2)c2cc(C)[cH-]c12.Cc1cc2c(-c3ccc(C(C)(C)C)cc3)cc(C(C)(C)C)cc2[cH-]1.Cl.Cl.[CH3-].[CH3-].[Si]=[Zr]. The van der Waals surface area contributed by atoms with Crippen LogP contribution in [0.1, 0.15) is 116 Å². The first-order valence-electron chi connectivity index (χ1n) is 18.5. The maximum atomic E-state index is 5.59. The first-order valence-corrected chi connectivity index (χ1v) is 22.7. The number of halogens is 2. The van der Waals surface area contributed by atoms with Crippen LogP contribution in [0.5, 0.6) is 5.75 Å². The third-order valence-electron chi connectivity index (χ3n) is 10.1. The number of fused-ring (bicyclic) bond motifs is 2. The molecule has 6 rings (SSSR count). The van der Waals surface area contributed by atoms with Crippen LogP contribution < -0.4 is 4.74 Å². The van der Waals surface area contributed by atoms with Gasteiger partial charge in [0.1, 0.15) is 0 Å². The Kier molecular flexibility index (Phi) is 19.6. The van der Waals surface area contributed by atoms with Gasteiger partial charge in [-0.15, -0.1) is 75.7 Å². The zero-order valence-electron chi connectivity index (χ0n) is 37.4. The van der Waals surface area contributed by atoms with Crippen molar-refractivity contribution >= 4 is 53.2 Å². The molecule has 0 saturated heterocycles. The average molecular weight is 887 g/mol. The second-order valence-electron chi connectivity index (χ2n) is 18.6. The number of hydrogen-bond donors (Lipinski definition) is 0. The van der Waals surface area contributed by atoms with Gasteiger partial charge in [0.05, 0.1) is 7.11 Å². The molecule has 2 radical (unpaired) electrons. The number of ether oxygens (including phenoxy) is 1. The quantitative estimate of drug-likeness (QED) is 0.127. The molecule has 0 unspecified atom stereocenters. The fourth-order valence-corrected chi connectivity index (χ4v) is 6.79. The molecule has 304 valence electrons. The van der Waals surface area contributed by atoms with Crippen LogP contribution in [0.25, 0.3) is 43.8 Å². The number of hydrogen-bond acceptors (Lipinski definition) is 1. The summed E-state index contributed by atoms with van der Waals surface area (Å²) < 4.78 is 5.59. The van der Waals surface area contributed by atoms with E-state index >= 15 is 0 Å². The van der Waals surface area contributed by atoms with Crippen molar-refractivity contribution in [3.05, 3.63) is 139 Å². The molecule has 0 N–H and O–H groups in total. The third kappa shape index (κ3) is 12.5. The van der Waals surface area contributed by atoms with Crippen molar-refractivity contribution in [2.45, 2.75) is 119 Å². The predicted octanol–water partition coefficient (Wildman–Crippen LogP) is 15.6. The van der Waals surface area contributed by atoms with Crippen molar-refractivity contribution in [3.63, 3.8) is 0 Å². The van der Waals surface area contributed by atoms with Crippen LogP contribution in [0.4, 0.5) is 0 Å². The van der Waals surface area contributed by atoms with Gasteiger partial charge < -0.3 is 19.6 Å². The van der Waals surface area contributed by atoms with Gasteiger partial charge in [-0.2, -0.15) is 12.1 Å². The summed E-state index contributed by atoms with van der Waals surface area (Å²) >= 11 is 1.36. The minimum atomic E-state index is 0. The molecule has 0 amide bonds. The molecule has 0 aliphatic rings. The van der Waals surface area contributed by atoms with Crippen LogP contribution in [-0.4, -0.2) is 14.0 Å². The number of benzene rings is 4. The molecule has 6 aromatic rings. The second-order valence-corrected chi connectivity index (χ2v) is 18.6. The summed E-state index contributed by atoms with van der Waals surface area (Å²) in [7, 11) is 1.74. The van der Waals surface area contributed by atoms with Crippen LogP contribution >= 0.6 is 24.8 Å². The molecule has 0 aliphatic carbocycles. The Bertz CT molecular complexity index is 2130. The van der Waals surface area contributed by atoms with Crippen molar-refractivity contribution in [1.29, 1.82) is 0 Å². The van der Waals surface area contributed by atoms with E-state index in [1.54, 1.807) is 7.11 Å². The molecule has 6 aromatic carbocycles. The van der Waals surface area contributed by atoms with E-state index in [9.17, 15) is 0 Å². The van der Waals surface area contributed by atoms with Crippen LogP contribution in [0.15, 0.2) is 91.0 Å². The molecule has 0 fully saturated rings. The number of aryl methyl sites for hydroxylation is 2. The molecular weight excluding hydrogens is 819 g/mol. The van der Waals surface area contributed by atoms with Crippen LogP contribution in [0.2, 0.25) is 0 Å².